The average molecular weight is 237 g/mol. The lowest BCUT2D eigenvalue weighted by Crippen LogP contribution is -2.02. The van der Waals surface area contributed by atoms with E-state index in [4.69, 9.17) is 15.4 Å². The minimum absolute atomic E-state index is 0.375. The summed E-state index contributed by atoms with van der Waals surface area (Å²) in [4.78, 5) is 4.00. The molecule has 1 heterocycles. The van der Waals surface area contributed by atoms with Crippen molar-refractivity contribution in [1.29, 1.82) is 10.7 Å². The fraction of sp³-hybridized carbons (Fsp3) is 0.0714. The van der Waals surface area contributed by atoms with Gasteiger partial charge in [0.2, 0.25) is 5.88 Å². The first-order chi connectivity index (χ1) is 8.74. The Morgan fingerprint density at radius 2 is 1.94 bits per heavy atom. The van der Waals surface area contributed by atoms with Gasteiger partial charge >= 0.3 is 0 Å². The monoisotopic (exact) mass is 237 g/mol. The van der Waals surface area contributed by atoms with Gasteiger partial charge in [-0.15, -0.1) is 0 Å². The molecule has 4 nitrogen and oxygen atoms in total. The molecule has 0 aliphatic rings. The van der Waals surface area contributed by atoms with E-state index in [1.54, 1.807) is 42.6 Å². The second-order valence-electron chi connectivity index (χ2n) is 3.65. The zero-order valence-electron chi connectivity index (χ0n) is 9.84. The molecule has 0 atom stereocenters. The largest absolute Gasteiger partial charge is 0.481 e. The van der Waals surface area contributed by atoms with Gasteiger partial charge in [-0.2, -0.15) is 5.26 Å². The van der Waals surface area contributed by atoms with Crippen LogP contribution >= 0.6 is 0 Å². The van der Waals surface area contributed by atoms with Crippen LogP contribution in [0.15, 0.2) is 42.6 Å². The van der Waals surface area contributed by atoms with Gasteiger partial charge in [0.25, 0.3) is 0 Å². The summed E-state index contributed by atoms with van der Waals surface area (Å²) in [5.74, 6) is 0.478. The zero-order chi connectivity index (χ0) is 13.0. The summed E-state index contributed by atoms with van der Waals surface area (Å²) < 4.78 is 5.03. The molecule has 0 aliphatic carbocycles. The molecule has 0 spiro atoms. The first-order valence-corrected chi connectivity index (χ1v) is 5.34. The number of nitrogens with one attached hydrogen (secondary N) is 1. The number of nitriles is 1. The van der Waals surface area contributed by atoms with Crippen molar-refractivity contribution in [2.45, 2.75) is 0 Å². The Hall–Kier alpha value is -2.67. The van der Waals surface area contributed by atoms with E-state index in [1.165, 1.54) is 7.11 Å². The van der Waals surface area contributed by atoms with Gasteiger partial charge in [0.15, 0.2) is 0 Å². The van der Waals surface area contributed by atoms with Crippen molar-refractivity contribution in [3.05, 3.63) is 59.3 Å². The lowest BCUT2D eigenvalue weighted by molar-refractivity contribution is 0.398. The molecule has 88 valence electrons. The maximum Gasteiger partial charge on any atom is 0.213 e. The van der Waals surface area contributed by atoms with Gasteiger partial charge in [0.1, 0.15) is 0 Å². The number of methoxy groups -OCH3 is 1. The Kier molecular flexibility index (Phi) is 3.35. The van der Waals surface area contributed by atoms with Crippen LogP contribution < -0.4 is 4.74 Å². The molecule has 4 heteroatoms. The van der Waals surface area contributed by atoms with Gasteiger partial charge in [-0.05, 0) is 18.2 Å². The van der Waals surface area contributed by atoms with Crippen LogP contribution in [0.2, 0.25) is 0 Å². The molecule has 0 unspecified atom stereocenters. The van der Waals surface area contributed by atoms with E-state index in [1.807, 2.05) is 0 Å². The Bertz CT molecular complexity index is 612. The number of benzene rings is 1. The number of aromatic nitrogens is 1. The van der Waals surface area contributed by atoms with Gasteiger partial charge in [-0.3, -0.25) is 5.41 Å². The van der Waals surface area contributed by atoms with E-state index < -0.39 is 0 Å². The topological polar surface area (TPSA) is 69.8 Å². The number of ether oxygens (including phenoxy) is 1. The third-order valence-electron chi connectivity index (χ3n) is 2.54. The highest BCUT2D eigenvalue weighted by Crippen LogP contribution is 2.14. The highest BCUT2D eigenvalue weighted by Gasteiger charge is 2.06. The molecule has 1 aromatic heterocycles. The number of nitrogens with zero attached hydrogens (tertiary/aromatic N) is 2. The van der Waals surface area contributed by atoms with Gasteiger partial charge in [0, 0.05) is 23.4 Å². The third kappa shape index (κ3) is 2.36. The number of hydrogen-bond acceptors (Lipinski definition) is 4. The van der Waals surface area contributed by atoms with Crippen molar-refractivity contribution in [3.63, 3.8) is 0 Å². The van der Waals surface area contributed by atoms with Crippen molar-refractivity contribution in [2.75, 3.05) is 7.11 Å². The standard InChI is InChI=1S/C14H11N3O/c1-18-13-8-12(6-7-17-13)14(16)11-4-2-10(9-15)3-5-11/h2-8,16H,1H3. The molecule has 1 aromatic carbocycles. The molecule has 0 saturated carbocycles. The Morgan fingerprint density at radius 3 is 2.56 bits per heavy atom. The smallest absolute Gasteiger partial charge is 0.213 e. The van der Waals surface area contributed by atoms with Crippen molar-refractivity contribution in [3.8, 4) is 11.9 Å². The lowest BCUT2D eigenvalue weighted by atomic mass is 10.0. The van der Waals surface area contributed by atoms with Crippen LogP contribution in [0.3, 0.4) is 0 Å². The predicted octanol–water partition coefficient (Wildman–Crippen LogP) is 2.38. The molecule has 0 radical (unpaired) electrons. The van der Waals surface area contributed by atoms with Crippen LogP contribution in [-0.2, 0) is 0 Å². The predicted molar refractivity (Wildman–Crippen MR) is 67.9 cm³/mol. The van der Waals surface area contributed by atoms with Crippen molar-refractivity contribution >= 4 is 5.71 Å². The van der Waals surface area contributed by atoms with Crippen molar-refractivity contribution in [2.24, 2.45) is 0 Å². The molecular formula is C14H11N3O. The second-order valence-corrected chi connectivity index (χ2v) is 3.65. The van der Waals surface area contributed by atoms with Gasteiger partial charge < -0.3 is 4.74 Å². The van der Waals surface area contributed by atoms with Crippen LogP contribution in [0.4, 0.5) is 0 Å². The maximum absolute atomic E-state index is 8.72. The van der Waals surface area contributed by atoms with E-state index in [2.05, 4.69) is 11.1 Å². The average Bonchev–Trinajstić information content (AvgIpc) is 2.46. The molecule has 0 fully saturated rings. The van der Waals surface area contributed by atoms with E-state index in [-0.39, 0.29) is 0 Å². The number of pyridine rings is 1. The molecular weight excluding hydrogens is 226 g/mol. The normalized spacial score (nSPS) is 9.56. The summed E-state index contributed by atoms with van der Waals surface area (Å²) in [6.45, 7) is 0. The summed E-state index contributed by atoms with van der Waals surface area (Å²) in [7, 11) is 1.54. The summed E-state index contributed by atoms with van der Waals surface area (Å²) in [6.07, 6.45) is 1.60. The van der Waals surface area contributed by atoms with Crippen LogP contribution in [0.1, 0.15) is 16.7 Å². The van der Waals surface area contributed by atoms with E-state index >= 15 is 0 Å². The summed E-state index contributed by atoms with van der Waals surface area (Å²) in [5, 5.41) is 16.8. The van der Waals surface area contributed by atoms with Crippen LogP contribution in [-0.4, -0.2) is 17.8 Å². The Labute approximate surface area is 105 Å². The molecule has 0 saturated heterocycles. The highest BCUT2D eigenvalue weighted by atomic mass is 16.5. The van der Waals surface area contributed by atoms with Crippen LogP contribution in [0.25, 0.3) is 0 Å². The molecule has 1 N–H and O–H groups in total. The maximum atomic E-state index is 8.72. The van der Waals surface area contributed by atoms with Gasteiger partial charge in [-0.1, -0.05) is 12.1 Å². The third-order valence-corrected chi connectivity index (χ3v) is 2.54. The fourth-order valence-electron chi connectivity index (χ4n) is 1.55. The molecule has 0 amide bonds. The van der Waals surface area contributed by atoms with E-state index in [0.717, 1.165) is 11.1 Å². The van der Waals surface area contributed by atoms with Gasteiger partial charge in [0.05, 0.1) is 24.5 Å². The van der Waals surface area contributed by atoms with Crippen molar-refractivity contribution < 1.29 is 4.74 Å². The lowest BCUT2D eigenvalue weighted by Gasteiger charge is -2.05. The minimum Gasteiger partial charge on any atom is -0.481 e. The number of rotatable bonds is 3. The number of hydrogen-bond donors (Lipinski definition) is 1. The molecule has 0 aliphatic heterocycles. The quantitative estimate of drug-likeness (QED) is 0.833. The summed E-state index contributed by atoms with van der Waals surface area (Å²) in [5.41, 5.74) is 2.44. The second kappa shape index (κ2) is 5.11. The summed E-state index contributed by atoms with van der Waals surface area (Å²) in [6, 6.07) is 12.4. The first kappa shape index (κ1) is 11.8. The zero-order valence-corrected chi connectivity index (χ0v) is 9.84. The van der Waals surface area contributed by atoms with E-state index in [0.29, 0.717) is 17.2 Å². The molecule has 2 aromatic rings. The molecule has 0 bridgehead atoms. The highest BCUT2D eigenvalue weighted by molar-refractivity contribution is 6.10. The van der Waals surface area contributed by atoms with Crippen LogP contribution in [0, 0.1) is 16.7 Å². The Balaban J connectivity index is 2.32. The molecule has 2 rings (SSSR count). The fourth-order valence-corrected chi connectivity index (χ4v) is 1.55. The van der Waals surface area contributed by atoms with Crippen molar-refractivity contribution in [1.82, 2.24) is 4.98 Å². The minimum atomic E-state index is 0.375. The Morgan fingerprint density at radius 1 is 1.22 bits per heavy atom. The first-order valence-electron chi connectivity index (χ1n) is 5.34. The SMILES string of the molecule is COc1cc(C(=N)c2ccc(C#N)cc2)ccn1. The van der Waals surface area contributed by atoms with E-state index in [9.17, 15) is 0 Å². The van der Waals surface area contributed by atoms with Gasteiger partial charge in [-0.25, -0.2) is 4.98 Å². The van der Waals surface area contributed by atoms with Crippen LogP contribution in [0.5, 0.6) is 5.88 Å². The molecule has 18 heavy (non-hydrogen) atoms. The summed E-state index contributed by atoms with van der Waals surface area (Å²) >= 11 is 0.